The van der Waals surface area contributed by atoms with Gasteiger partial charge in [0.2, 0.25) is 0 Å². The van der Waals surface area contributed by atoms with Gasteiger partial charge in [-0.1, -0.05) is 11.6 Å². The Hall–Kier alpha value is -0.570. The molecule has 2 bridgehead atoms. The van der Waals surface area contributed by atoms with E-state index in [2.05, 4.69) is 10.3 Å². The smallest absolute Gasteiger partial charge is 0.0833 e. The molecule has 1 aromatic heterocycles. The minimum absolute atomic E-state index is 0.320. The average molecular weight is 240 g/mol. The van der Waals surface area contributed by atoms with Crippen molar-refractivity contribution in [3.8, 4) is 0 Å². The first kappa shape index (κ1) is 10.6. The molecule has 16 heavy (non-hydrogen) atoms. The van der Waals surface area contributed by atoms with Crippen LogP contribution in [-0.4, -0.2) is 20.9 Å². The van der Waals surface area contributed by atoms with Crippen molar-refractivity contribution >= 4 is 11.6 Å². The third-order valence-electron chi connectivity index (χ3n) is 4.55. The van der Waals surface area contributed by atoms with E-state index in [4.69, 9.17) is 11.6 Å². The van der Waals surface area contributed by atoms with E-state index in [1.807, 2.05) is 13.2 Å². The summed E-state index contributed by atoms with van der Waals surface area (Å²) in [5.41, 5.74) is 1.43. The van der Waals surface area contributed by atoms with Crippen molar-refractivity contribution in [2.45, 2.75) is 32.1 Å². The summed E-state index contributed by atoms with van der Waals surface area (Å²) in [6.07, 6.45) is 8.54. The fraction of sp³-hybridized carbons (Fsp3) is 0.833. The quantitative estimate of drug-likeness (QED) is 0.759. The summed E-state index contributed by atoms with van der Waals surface area (Å²) in [5.74, 6) is 2.54. The van der Waals surface area contributed by atoms with Crippen molar-refractivity contribution in [1.29, 1.82) is 0 Å². The average Bonchev–Trinajstić information content (AvgIpc) is 2.94. The van der Waals surface area contributed by atoms with Crippen LogP contribution in [0.2, 0.25) is 0 Å². The molecule has 1 aromatic rings. The van der Waals surface area contributed by atoms with E-state index in [0.717, 1.165) is 29.8 Å². The topological polar surface area (TPSA) is 30.7 Å². The summed E-state index contributed by atoms with van der Waals surface area (Å²) in [6.45, 7) is 0. The Morgan fingerprint density at radius 3 is 2.94 bits per heavy atom. The van der Waals surface area contributed by atoms with Gasteiger partial charge in [0, 0.05) is 25.5 Å². The minimum atomic E-state index is 0.320. The zero-order chi connectivity index (χ0) is 11.2. The molecular formula is C12H18ClN3. The van der Waals surface area contributed by atoms with E-state index in [9.17, 15) is 0 Å². The van der Waals surface area contributed by atoms with Gasteiger partial charge in [0.05, 0.1) is 5.69 Å². The molecule has 2 aliphatic rings. The Bertz CT molecular complexity index is 389. The molecule has 1 heterocycles. The van der Waals surface area contributed by atoms with E-state index in [-0.39, 0.29) is 0 Å². The van der Waals surface area contributed by atoms with Crippen LogP contribution in [0.5, 0.6) is 0 Å². The number of hydrogen-bond donors (Lipinski definition) is 0. The molecular weight excluding hydrogens is 222 g/mol. The van der Waals surface area contributed by atoms with Crippen LogP contribution in [0.25, 0.3) is 0 Å². The lowest BCUT2D eigenvalue weighted by Gasteiger charge is -2.35. The summed E-state index contributed by atoms with van der Waals surface area (Å²) in [6, 6.07) is 0. The fourth-order valence-electron chi connectivity index (χ4n) is 3.82. The van der Waals surface area contributed by atoms with Gasteiger partial charge in [-0.3, -0.25) is 4.68 Å². The Labute approximate surface area is 101 Å². The lowest BCUT2D eigenvalue weighted by Crippen LogP contribution is -2.32. The molecule has 2 saturated carbocycles. The van der Waals surface area contributed by atoms with Crippen LogP contribution < -0.4 is 0 Å². The largest absolute Gasteiger partial charge is 0.255 e. The number of fused-ring (bicyclic) bond motifs is 2. The van der Waals surface area contributed by atoms with Gasteiger partial charge in [-0.25, -0.2) is 0 Å². The molecule has 0 saturated heterocycles. The van der Waals surface area contributed by atoms with Gasteiger partial charge >= 0.3 is 0 Å². The van der Waals surface area contributed by atoms with Gasteiger partial charge in [-0.2, -0.15) is 0 Å². The Balaban J connectivity index is 1.81. The molecule has 4 heteroatoms. The highest BCUT2D eigenvalue weighted by Gasteiger charge is 2.50. The number of hydrogen-bond acceptors (Lipinski definition) is 2. The molecule has 0 radical (unpaired) electrons. The molecule has 3 rings (SSSR count). The molecule has 88 valence electrons. The van der Waals surface area contributed by atoms with Gasteiger partial charge in [0.15, 0.2) is 0 Å². The van der Waals surface area contributed by atoms with E-state index >= 15 is 0 Å². The number of aromatic nitrogens is 3. The van der Waals surface area contributed by atoms with Crippen LogP contribution in [-0.2, 0) is 13.5 Å². The monoisotopic (exact) mass is 239 g/mol. The normalized spacial score (nSPS) is 37.1. The SMILES string of the molecule is Cn1cc(CC2(CCl)CC3CCC2C3)nn1. The number of nitrogens with zero attached hydrogens (tertiary/aromatic N) is 3. The van der Waals surface area contributed by atoms with Crippen LogP contribution in [0, 0.1) is 17.3 Å². The second-order valence-corrected chi connectivity index (χ2v) is 5.90. The molecule has 2 fully saturated rings. The van der Waals surface area contributed by atoms with Gasteiger partial charge < -0.3 is 0 Å². The highest BCUT2D eigenvalue weighted by atomic mass is 35.5. The summed E-state index contributed by atoms with van der Waals surface area (Å²) < 4.78 is 1.78. The van der Waals surface area contributed by atoms with Crippen LogP contribution in [0.3, 0.4) is 0 Å². The zero-order valence-corrected chi connectivity index (χ0v) is 10.5. The highest BCUT2D eigenvalue weighted by molar-refractivity contribution is 6.18. The summed E-state index contributed by atoms with van der Waals surface area (Å²) >= 11 is 6.26. The predicted octanol–water partition coefficient (Wildman–Crippen LogP) is 2.40. The zero-order valence-electron chi connectivity index (χ0n) is 9.69. The maximum absolute atomic E-state index is 6.26. The Kier molecular flexibility index (Phi) is 2.46. The van der Waals surface area contributed by atoms with Crippen molar-refractivity contribution in [2.24, 2.45) is 24.3 Å². The first-order valence-corrected chi connectivity index (χ1v) is 6.66. The summed E-state index contributed by atoms with van der Waals surface area (Å²) in [5, 5.41) is 8.22. The lowest BCUT2D eigenvalue weighted by atomic mass is 9.71. The molecule has 3 nitrogen and oxygen atoms in total. The molecule has 2 aliphatic carbocycles. The summed E-state index contributed by atoms with van der Waals surface area (Å²) in [4.78, 5) is 0. The van der Waals surface area contributed by atoms with E-state index in [1.54, 1.807) is 4.68 Å². The minimum Gasteiger partial charge on any atom is -0.255 e. The molecule has 0 aromatic carbocycles. The van der Waals surface area contributed by atoms with Crippen LogP contribution >= 0.6 is 11.6 Å². The standard InChI is InChI=1S/C12H18ClN3/c1-16-7-11(14-15-16)6-12(8-13)5-9-2-3-10(12)4-9/h7,9-10H,2-6,8H2,1H3. The second-order valence-electron chi connectivity index (χ2n) is 5.64. The van der Waals surface area contributed by atoms with Crippen molar-refractivity contribution in [1.82, 2.24) is 15.0 Å². The van der Waals surface area contributed by atoms with E-state index in [1.165, 1.54) is 25.7 Å². The number of rotatable bonds is 3. The summed E-state index contributed by atoms with van der Waals surface area (Å²) in [7, 11) is 1.92. The van der Waals surface area contributed by atoms with Crippen molar-refractivity contribution in [2.75, 3.05) is 5.88 Å². The third-order valence-corrected chi connectivity index (χ3v) is 5.08. The molecule has 3 atom stereocenters. The molecule has 0 spiro atoms. The maximum atomic E-state index is 6.26. The van der Waals surface area contributed by atoms with E-state index < -0.39 is 0 Å². The van der Waals surface area contributed by atoms with Crippen molar-refractivity contribution < 1.29 is 0 Å². The predicted molar refractivity (Wildman–Crippen MR) is 63.3 cm³/mol. The van der Waals surface area contributed by atoms with E-state index in [0.29, 0.717) is 5.41 Å². The molecule has 0 N–H and O–H groups in total. The van der Waals surface area contributed by atoms with Crippen LogP contribution in [0.15, 0.2) is 6.20 Å². The fourth-order valence-corrected chi connectivity index (χ4v) is 4.24. The maximum Gasteiger partial charge on any atom is 0.0833 e. The number of aryl methyl sites for hydroxylation is 1. The van der Waals surface area contributed by atoms with Crippen molar-refractivity contribution in [3.63, 3.8) is 0 Å². The number of alkyl halides is 1. The Morgan fingerprint density at radius 1 is 1.56 bits per heavy atom. The first-order valence-electron chi connectivity index (χ1n) is 6.13. The lowest BCUT2D eigenvalue weighted by molar-refractivity contribution is 0.191. The third kappa shape index (κ3) is 1.56. The molecule has 0 amide bonds. The van der Waals surface area contributed by atoms with Crippen LogP contribution in [0.1, 0.15) is 31.4 Å². The Morgan fingerprint density at radius 2 is 2.44 bits per heavy atom. The van der Waals surface area contributed by atoms with Crippen molar-refractivity contribution in [3.05, 3.63) is 11.9 Å². The van der Waals surface area contributed by atoms with Gasteiger partial charge in [0.25, 0.3) is 0 Å². The van der Waals surface area contributed by atoms with Gasteiger partial charge in [-0.15, -0.1) is 16.7 Å². The molecule has 3 unspecified atom stereocenters. The second kappa shape index (κ2) is 3.73. The number of halogens is 1. The van der Waals surface area contributed by atoms with Gasteiger partial charge in [0.1, 0.15) is 0 Å². The van der Waals surface area contributed by atoms with Crippen LogP contribution in [0.4, 0.5) is 0 Å². The van der Waals surface area contributed by atoms with Gasteiger partial charge in [-0.05, 0) is 36.5 Å². The first-order chi connectivity index (χ1) is 7.72. The highest BCUT2D eigenvalue weighted by Crippen LogP contribution is 2.57. The molecule has 0 aliphatic heterocycles.